The summed E-state index contributed by atoms with van der Waals surface area (Å²) in [5, 5.41) is 1.21. The van der Waals surface area contributed by atoms with Crippen LogP contribution in [0.25, 0.3) is 10.9 Å². The van der Waals surface area contributed by atoms with Gasteiger partial charge in [-0.25, -0.2) is 4.79 Å². The predicted molar refractivity (Wildman–Crippen MR) is 98.0 cm³/mol. The standard InChI is InChI=1S/C21H22N2O2/c1-13-8-14(9-16-6-7-23(2)20(13)16)10-19-18(21(24)25-3)11-17(12-22-19)15-4-5-15/h6-9,11-12,15H,4-5,10H2,1-3H3. The average Bonchev–Trinajstić information content (AvgIpc) is 3.38. The molecule has 0 amide bonds. The number of nitrogens with zero attached hydrogens (tertiary/aromatic N) is 2. The van der Waals surface area contributed by atoms with E-state index < -0.39 is 0 Å². The summed E-state index contributed by atoms with van der Waals surface area (Å²) in [4.78, 5) is 16.8. The van der Waals surface area contributed by atoms with E-state index in [0.29, 0.717) is 17.9 Å². The summed E-state index contributed by atoms with van der Waals surface area (Å²) in [6.07, 6.45) is 7.00. The molecular formula is C21H22N2O2. The minimum absolute atomic E-state index is 0.303. The van der Waals surface area contributed by atoms with Crippen LogP contribution in [0.2, 0.25) is 0 Å². The molecule has 4 rings (SSSR count). The number of benzene rings is 1. The highest BCUT2D eigenvalue weighted by Gasteiger charge is 2.26. The maximum Gasteiger partial charge on any atom is 0.339 e. The quantitative estimate of drug-likeness (QED) is 0.674. The number of methoxy groups -OCH3 is 1. The molecule has 0 atom stereocenters. The van der Waals surface area contributed by atoms with Gasteiger partial charge in [-0.05, 0) is 60.6 Å². The van der Waals surface area contributed by atoms with Gasteiger partial charge in [0.1, 0.15) is 0 Å². The van der Waals surface area contributed by atoms with Crippen LogP contribution >= 0.6 is 0 Å². The summed E-state index contributed by atoms with van der Waals surface area (Å²) in [6, 6.07) is 8.45. The van der Waals surface area contributed by atoms with E-state index in [1.165, 1.54) is 36.4 Å². The second-order valence-corrected chi connectivity index (χ2v) is 6.98. The molecule has 1 aliphatic carbocycles. The molecule has 1 saturated carbocycles. The van der Waals surface area contributed by atoms with Gasteiger partial charge >= 0.3 is 5.97 Å². The Hall–Kier alpha value is -2.62. The molecule has 3 aromatic rings. The van der Waals surface area contributed by atoms with Crippen LogP contribution in [0, 0.1) is 6.92 Å². The van der Waals surface area contributed by atoms with Gasteiger partial charge in [0.05, 0.1) is 23.9 Å². The molecule has 0 N–H and O–H groups in total. The smallest absolute Gasteiger partial charge is 0.339 e. The first-order valence-electron chi connectivity index (χ1n) is 8.68. The maximum atomic E-state index is 12.2. The van der Waals surface area contributed by atoms with Crippen molar-refractivity contribution >= 4 is 16.9 Å². The highest BCUT2D eigenvalue weighted by atomic mass is 16.5. The number of carbonyl (C=O) groups excluding carboxylic acids is 1. The van der Waals surface area contributed by atoms with Gasteiger partial charge in [-0.3, -0.25) is 4.98 Å². The zero-order chi connectivity index (χ0) is 17.6. The molecule has 128 valence electrons. The molecule has 0 aliphatic heterocycles. The summed E-state index contributed by atoms with van der Waals surface area (Å²) in [5.74, 6) is 0.260. The number of rotatable bonds is 4. The van der Waals surface area contributed by atoms with Gasteiger partial charge < -0.3 is 9.30 Å². The lowest BCUT2D eigenvalue weighted by Crippen LogP contribution is -2.09. The van der Waals surface area contributed by atoms with Crippen LogP contribution in [0.1, 0.15) is 51.5 Å². The van der Waals surface area contributed by atoms with Crippen molar-refractivity contribution in [2.45, 2.75) is 32.1 Å². The lowest BCUT2D eigenvalue weighted by molar-refractivity contribution is 0.0599. The van der Waals surface area contributed by atoms with Crippen molar-refractivity contribution in [3.8, 4) is 0 Å². The van der Waals surface area contributed by atoms with Crippen molar-refractivity contribution in [3.63, 3.8) is 0 Å². The molecule has 1 fully saturated rings. The van der Waals surface area contributed by atoms with Gasteiger partial charge in [-0.1, -0.05) is 6.07 Å². The van der Waals surface area contributed by atoms with E-state index in [-0.39, 0.29) is 5.97 Å². The van der Waals surface area contributed by atoms with Gasteiger partial charge in [0.25, 0.3) is 0 Å². The fourth-order valence-corrected chi connectivity index (χ4v) is 3.63. The first-order chi connectivity index (χ1) is 12.1. The summed E-state index contributed by atoms with van der Waals surface area (Å²) in [6.45, 7) is 2.12. The van der Waals surface area contributed by atoms with E-state index in [9.17, 15) is 4.79 Å². The number of ether oxygens (including phenoxy) is 1. The highest BCUT2D eigenvalue weighted by Crippen LogP contribution is 2.40. The molecule has 0 spiro atoms. The van der Waals surface area contributed by atoms with Crippen LogP contribution in [-0.2, 0) is 18.2 Å². The first kappa shape index (κ1) is 15.9. The SMILES string of the molecule is COC(=O)c1cc(C2CC2)cnc1Cc1cc(C)c2c(ccn2C)c1. The van der Waals surface area contributed by atoms with Crippen LogP contribution in [0.4, 0.5) is 0 Å². The fraction of sp³-hybridized carbons (Fsp3) is 0.333. The van der Waals surface area contributed by atoms with Gasteiger partial charge in [0.2, 0.25) is 0 Å². The Labute approximate surface area is 147 Å². The summed E-state index contributed by atoms with van der Waals surface area (Å²) in [5.41, 5.74) is 6.17. The molecule has 25 heavy (non-hydrogen) atoms. The van der Waals surface area contributed by atoms with Crippen LogP contribution < -0.4 is 0 Å². The summed E-state index contributed by atoms with van der Waals surface area (Å²) in [7, 11) is 3.48. The number of hydrogen-bond donors (Lipinski definition) is 0. The van der Waals surface area contributed by atoms with Crippen molar-refractivity contribution in [1.29, 1.82) is 0 Å². The molecule has 4 nitrogen and oxygen atoms in total. The van der Waals surface area contributed by atoms with E-state index >= 15 is 0 Å². The zero-order valence-corrected chi connectivity index (χ0v) is 14.9. The first-order valence-corrected chi connectivity index (χ1v) is 8.68. The number of hydrogen-bond acceptors (Lipinski definition) is 3. The minimum Gasteiger partial charge on any atom is -0.465 e. The van der Waals surface area contributed by atoms with Crippen LogP contribution in [0.3, 0.4) is 0 Å². The summed E-state index contributed by atoms with van der Waals surface area (Å²) < 4.78 is 7.12. The Morgan fingerprint density at radius 1 is 1.32 bits per heavy atom. The average molecular weight is 334 g/mol. The van der Waals surface area contributed by atoms with Gasteiger partial charge in [-0.2, -0.15) is 0 Å². The van der Waals surface area contributed by atoms with Crippen molar-refractivity contribution in [2.24, 2.45) is 7.05 Å². The number of pyridine rings is 1. The molecule has 0 bridgehead atoms. The van der Waals surface area contributed by atoms with Crippen LogP contribution in [0.15, 0.2) is 36.7 Å². The zero-order valence-electron chi connectivity index (χ0n) is 14.9. The highest BCUT2D eigenvalue weighted by molar-refractivity contribution is 5.91. The Bertz CT molecular complexity index is 967. The Kier molecular flexibility index (Phi) is 3.83. The lowest BCUT2D eigenvalue weighted by Gasteiger charge is -2.11. The van der Waals surface area contributed by atoms with Crippen LogP contribution in [-0.4, -0.2) is 22.6 Å². The number of aromatic nitrogens is 2. The summed E-state index contributed by atoms with van der Waals surface area (Å²) >= 11 is 0. The van der Waals surface area contributed by atoms with Crippen molar-refractivity contribution < 1.29 is 9.53 Å². The van der Waals surface area contributed by atoms with Crippen molar-refractivity contribution in [2.75, 3.05) is 7.11 Å². The topological polar surface area (TPSA) is 44.1 Å². The van der Waals surface area contributed by atoms with E-state index in [4.69, 9.17) is 4.74 Å². The minimum atomic E-state index is -0.303. The Morgan fingerprint density at radius 3 is 2.84 bits per heavy atom. The van der Waals surface area contributed by atoms with E-state index in [0.717, 1.165) is 16.8 Å². The third-order valence-electron chi connectivity index (χ3n) is 5.04. The molecule has 0 unspecified atom stereocenters. The van der Waals surface area contributed by atoms with Gasteiger partial charge in [0, 0.05) is 31.2 Å². The normalized spacial score (nSPS) is 14.0. The van der Waals surface area contributed by atoms with Gasteiger partial charge in [0.15, 0.2) is 0 Å². The fourth-order valence-electron chi connectivity index (χ4n) is 3.63. The lowest BCUT2D eigenvalue weighted by atomic mass is 9.99. The number of esters is 1. The van der Waals surface area contributed by atoms with Crippen LogP contribution in [0.5, 0.6) is 0 Å². The molecule has 0 saturated heterocycles. The monoisotopic (exact) mass is 334 g/mol. The third-order valence-corrected chi connectivity index (χ3v) is 5.04. The Morgan fingerprint density at radius 2 is 2.12 bits per heavy atom. The number of carbonyl (C=O) groups is 1. The molecule has 0 radical (unpaired) electrons. The largest absolute Gasteiger partial charge is 0.465 e. The molecule has 2 aromatic heterocycles. The van der Waals surface area contributed by atoms with E-state index in [2.05, 4.69) is 47.9 Å². The second kappa shape index (κ2) is 6.03. The molecular weight excluding hydrogens is 312 g/mol. The predicted octanol–water partition coefficient (Wildman–Crippen LogP) is 4.14. The van der Waals surface area contributed by atoms with Crippen molar-refractivity contribution in [1.82, 2.24) is 9.55 Å². The number of fused-ring (bicyclic) bond motifs is 1. The molecule has 1 aliphatic rings. The molecule has 2 heterocycles. The van der Waals surface area contributed by atoms with Gasteiger partial charge in [-0.15, -0.1) is 0 Å². The third kappa shape index (κ3) is 2.93. The second-order valence-electron chi connectivity index (χ2n) is 6.98. The van der Waals surface area contributed by atoms with E-state index in [1.807, 2.05) is 12.3 Å². The maximum absolute atomic E-state index is 12.2. The Balaban J connectivity index is 1.73. The molecule has 4 heteroatoms. The number of aryl methyl sites for hydroxylation is 2. The molecule has 1 aromatic carbocycles. The van der Waals surface area contributed by atoms with E-state index in [1.54, 1.807) is 0 Å². The van der Waals surface area contributed by atoms with Crippen molar-refractivity contribution in [3.05, 3.63) is 64.6 Å².